The predicted molar refractivity (Wildman–Crippen MR) is 80.9 cm³/mol. The first-order valence-corrected chi connectivity index (χ1v) is 6.88. The normalized spacial score (nSPS) is 10.2. The summed E-state index contributed by atoms with van der Waals surface area (Å²) >= 11 is 0. The Morgan fingerprint density at radius 3 is 2.11 bits per heavy atom. The molecule has 0 fully saturated rings. The van der Waals surface area contributed by atoms with E-state index in [0.717, 1.165) is 25.3 Å². The second-order valence-corrected chi connectivity index (χ2v) is 4.48. The molecule has 0 saturated carbocycles. The van der Waals surface area contributed by atoms with Crippen LogP contribution >= 0.6 is 0 Å². The number of nitrogens with zero attached hydrogens (tertiary/aromatic N) is 1. The molecule has 19 heavy (non-hydrogen) atoms. The van der Waals surface area contributed by atoms with Crippen molar-refractivity contribution in [1.29, 1.82) is 0 Å². The highest BCUT2D eigenvalue weighted by Crippen LogP contribution is 2.14. The van der Waals surface area contributed by atoms with Gasteiger partial charge < -0.3 is 9.64 Å². The third kappa shape index (κ3) is 4.32. The maximum Gasteiger partial charge on any atom is 0.119 e. The molecule has 0 N–H and O–H groups in total. The molecule has 2 nitrogen and oxygen atoms in total. The summed E-state index contributed by atoms with van der Waals surface area (Å²) in [5, 5.41) is 0. The number of rotatable bonds is 7. The van der Waals surface area contributed by atoms with Crippen LogP contribution in [0.3, 0.4) is 0 Å². The highest BCUT2D eigenvalue weighted by atomic mass is 16.5. The summed E-state index contributed by atoms with van der Waals surface area (Å²) < 4.78 is 5.76. The van der Waals surface area contributed by atoms with Gasteiger partial charge in [-0.25, -0.2) is 0 Å². The van der Waals surface area contributed by atoms with E-state index in [-0.39, 0.29) is 0 Å². The molecule has 0 aliphatic carbocycles. The van der Waals surface area contributed by atoms with Gasteiger partial charge in [0.1, 0.15) is 12.4 Å². The van der Waals surface area contributed by atoms with E-state index in [1.54, 1.807) is 0 Å². The lowest BCUT2D eigenvalue weighted by molar-refractivity contribution is 0.323. The molecule has 2 rings (SSSR count). The van der Waals surface area contributed by atoms with E-state index in [4.69, 9.17) is 4.74 Å². The summed E-state index contributed by atoms with van der Waals surface area (Å²) in [5.74, 6) is 0.937. The predicted octanol–water partition coefficient (Wildman–Crippen LogP) is 3.98. The summed E-state index contributed by atoms with van der Waals surface area (Å²) in [6.07, 6.45) is 1.14. The van der Waals surface area contributed by atoms with Gasteiger partial charge in [-0.1, -0.05) is 43.3 Å². The summed E-state index contributed by atoms with van der Waals surface area (Å²) in [7, 11) is 0. The van der Waals surface area contributed by atoms with Gasteiger partial charge in [0.25, 0.3) is 0 Å². The number of benzene rings is 2. The lowest BCUT2D eigenvalue weighted by atomic mass is 10.2. The van der Waals surface area contributed by atoms with E-state index in [9.17, 15) is 0 Å². The highest BCUT2D eigenvalue weighted by molar-refractivity contribution is 5.45. The fourth-order valence-corrected chi connectivity index (χ4v) is 2.07. The van der Waals surface area contributed by atoms with Crippen molar-refractivity contribution in [2.75, 3.05) is 24.6 Å². The monoisotopic (exact) mass is 255 g/mol. The van der Waals surface area contributed by atoms with Crippen LogP contribution in [0.15, 0.2) is 60.7 Å². The molecule has 0 radical (unpaired) electrons. The molecule has 0 aliphatic heterocycles. The van der Waals surface area contributed by atoms with Gasteiger partial charge in [-0.3, -0.25) is 0 Å². The Hall–Kier alpha value is -1.96. The van der Waals surface area contributed by atoms with Crippen molar-refractivity contribution in [2.45, 2.75) is 13.3 Å². The van der Waals surface area contributed by atoms with Gasteiger partial charge in [0.2, 0.25) is 0 Å². The average Bonchev–Trinajstić information content (AvgIpc) is 2.48. The van der Waals surface area contributed by atoms with Gasteiger partial charge in [-0.2, -0.15) is 0 Å². The standard InChI is InChI=1S/C17H21NO/c1-2-13-18(16-9-5-3-6-10-16)14-15-19-17-11-7-4-8-12-17/h3-12H,2,13-15H2,1H3. The summed E-state index contributed by atoms with van der Waals surface area (Å²) in [5.41, 5.74) is 1.26. The molecule has 2 aromatic rings. The van der Waals surface area contributed by atoms with Gasteiger partial charge in [0.05, 0.1) is 6.54 Å². The zero-order chi connectivity index (χ0) is 13.3. The molecule has 0 amide bonds. The van der Waals surface area contributed by atoms with Crippen LogP contribution in [-0.2, 0) is 0 Å². The number of ether oxygens (including phenoxy) is 1. The minimum Gasteiger partial charge on any atom is -0.492 e. The van der Waals surface area contributed by atoms with E-state index in [1.807, 2.05) is 36.4 Å². The Bertz CT molecular complexity index is 455. The molecule has 2 aromatic carbocycles. The zero-order valence-electron chi connectivity index (χ0n) is 11.5. The van der Waals surface area contributed by atoms with Crippen molar-refractivity contribution < 1.29 is 4.74 Å². The number of hydrogen-bond donors (Lipinski definition) is 0. The van der Waals surface area contributed by atoms with Gasteiger partial charge >= 0.3 is 0 Å². The third-order valence-corrected chi connectivity index (χ3v) is 2.99. The summed E-state index contributed by atoms with van der Waals surface area (Å²) in [6, 6.07) is 20.5. The molecule has 0 spiro atoms. The molecule has 2 heteroatoms. The van der Waals surface area contributed by atoms with E-state index in [0.29, 0.717) is 6.61 Å². The molecular weight excluding hydrogens is 234 g/mol. The van der Waals surface area contributed by atoms with Crippen molar-refractivity contribution in [1.82, 2.24) is 0 Å². The first kappa shape index (κ1) is 13.5. The van der Waals surface area contributed by atoms with E-state index >= 15 is 0 Å². The van der Waals surface area contributed by atoms with E-state index < -0.39 is 0 Å². The fraction of sp³-hybridized carbons (Fsp3) is 0.294. The maximum absolute atomic E-state index is 5.76. The van der Waals surface area contributed by atoms with Crippen molar-refractivity contribution in [3.8, 4) is 5.75 Å². The topological polar surface area (TPSA) is 12.5 Å². The Morgan fingerprint density at radius 2 is 1.47 bits per heavy atom. The van der Waals surface area contributed by atoms with Gasteiger partial charge in [-0.05, 0) is 30.7 Å². The minimum atomic E-state index is 0.707. The molecule has 0 heterocycles. The summed E-state index contributed by atoms with van der Waals surface area (Å²) in [6.45, 7) is 4.88. The first-order chi connectivity index (χ1) is 9.40. The van der Waals surface area contributed by atoms with Crippen LogP contribution in [-0.4, -0.2) is 19.7 Å². The van der Waals surface area contributed by atoms with Crippen molar-refractivity contribution in [2.24, 2.45) is 0 Å². The highest BCUT2D eigenvalue weighted by Gasteiger charge is 2.04. The van der Waals surface area contributed by atoms with Gasteiger partial charge in [0, 0.05) is 12.2 Å². The molecular formula is C17H21NO. The van der Waals surface area contributed by atoms with Crippen molar-refractivity contribution in [3.63, 3.8) is 0 Å². The zero-order valence-corrected chi connectivity index (χ0v) is 11.5. The lowest BCUT2D eigenvalue weighted by Crippen LogP contribution is -2.29. The fourth-order valence-electron chi connectivity index (χ4n) is 2.07. The minimum absolute atomic E-state index is 0.707. The van der Waals surface area contributed by atoms with Crippen LogP contribution in [0.25, 0.3) is 0 Å². The first-order valence-electron chi connectivity index (χ1n) is 6.88. The molecule has 0 atom stereocenters. The molecule has 0 bridgehead atoms. The van der Waals surface area contributed by atoms with Crippen LogP contribution in [0.2, 0.25) is 0 Å². The molecule has 0 saturated heterocycles. The second-order valence-electron chi connectivity index (χ2n) is 4.48. The molecule has 100 valence electrons. The Kier molecular flexibility index (Phi) is 5.30. The van der Waals surface area contributed by atoms with Gasteiger partial charge in [0.15, 0.2) is 0 Å². The lowest BCUT2D eigenvalue weighted by Gasteiger charge is -2.24. The van der Waals surface area contributed by atoms with Gasteiger partial charge in [-0.15, -0.1) is 0 Å². The average molecular weight is 255 g/mol. The maximum atomic E-state index is 5.76. The van der Waals surface area contributed by atoms with Crippen LogP contribution in [0.5, 0.6) is 5.75 Å². The smallest absolute Gasteiger partial charge is 0.119 e. The van der Waals surface area contributed by atoms with Crippen LogP contribution in [0.1, 0.15) is 13.3 Å². The second kappa shape index (κ2) is 7.47. The molecule has 0 unspecified atom stereocenters. The molecule has 0 aliphatic rings. The van der Waals surface area contributed by atoms with Crippen LogP contribution in [0.4, 0.5) is 5.69 Å². The Morgan fingerprint density at radius 1 is 0.842 bits per heavy atom. The van der Waals surface area contributed by atoms with E-state index in [2.05, 4.69) is 36.1 Å². The summed E-state index contributed by atoms with van der Waals surface area (Å²) in [4.78, 5) is 2.36. The Balaban J connectivity index is 1.87. The number of hydrogen-bond acceptors (Lipinski definition) is 2. The van der Waals surface area contributed by atoms with E-state index in [1.165, 1.54) is 5.69 Å². The van der Waals surface area contributed by atoms with Crippen LogP contribution in [0, 0.1) is 0 Å². The van der Waals surface area contributed by atoms with Crippen molar-refractivity contribution in [3.05, 3.63) is 60.7 Å². The quantitative estimate of drug-likeness (QED) is 0.742. The Labute approximate surface area is 115 Å². The van der Waals surface area contributed by atoms with Crippen LogP contribution < -0.4 is 9.64 Å². The number of para-hydroxylation sites is 2. The third-order valence-electron chi connectivity index (χ3n) is 2.99. The largest absolute Gasteiger partial charge is 0.492 e. The van der Waals surface area contributed by atoms with Crippen molar-refractivity contribution >= 4 is 5.69 Å². The number of anilines is 1. The molecule has 0 aromatic heterocycles. The SMILES string of the molecule is CCCN(CCOc1ccccc1)c1ccccc1.